The third-order valence-electron chi connectivity index (χ3n) is 3.16. The lowest BCUT2D eigenvalue weighted by atomic mass is 10.2. The van der Waals surface area contributed by atoms with E-state index >= 15 is 0 Å². The van der Waals surface area contributed by atoms with Gasteiger partial charge in [-0.05, 0) is 64.4 Å². The number of ether oxygens (including phenoxy) is 3. The van der Waals surface area contributed by atoms with Gasteiger partial charge < -0.3 is 14.2 Å². The van der Waals surface area contributed by atoms with Gasteiger partial charge in [0.05, 0.1) is 18.8 Å². The van der Waals surface area contributed by atoms with Gasteiger partial charge in [0, 0.05) is 7.05 Å². The average Bonchev–Trinajstić information content (AvgIpc) is 2.68. The minimum absolute atomic E-state index is 0.350. The van der Waals surface area contributed by atoms with Crippen LogP contribution in [0.3, 0.4) is 0 Å². The van der Waals surface area contributed by atoms with Gasteiger partial charge in [0.25, 0.3) is 0 Å². The number of rotatable bonds is 3. The predicted molar refractivity (Wildman–Crippen MR) is 100 cm³/mol. The van der Waals surface area contributed by atoms with Crippen LogP contribution < -0.4 is 4.74 Å². The molecule has 2 amide bonds. The third-order valence-corrected chi connectivity index (χ3v) is 3.90. The summed E-state index contributed by atoms with van der Waals surface area (Å²) in [6, 6.07) is -0.713. The molecule has 1 aromatic rings. The van der Waals surface area contributed by atoms with Crippen LogP contribution in [0.4, 0.5) is 9.59 Å². The van der Waals surface area contributed by atoms with Crippen LogP contribution in [-0.4, -0.2) is 45.2 Å². The molecule has 26 heavy (non-hydrogen) atoms. The molecule has 0 aliphatic carbocycles. The average molecular weight is 434 g/mol. The van der Waals surface area contributed by atoms with Crippen molar-refractivity contribution in [2.24, 2.45) is 7.05 Å². The van der Waals surface area contributed by atoms with Crippen LogP contribution in [0.15, 0.2) is 4.47 Å². The predicted octanol–water partition coefficient (Wildman–Crippen LogP) is 4.42. The monoisotopic (exact) mass is 433 g/mol. The molecular weight excluding hydrogens is 406 g/mol. The van der Waals surface area contributed by atoms with Crippen LogP contribution in [0.25, 0.3) is 0 Å². The molecule has 0 saturated carbocycles. The Morgan fingerprint density at radius 3 is 1.81 bits per heavy atom. The van der Waals surface area contributed by atoms with E-state index in [1.165, 1.54) is 11.8 Å². The third kappa shape index (κ3) is 5.62. The molecule has 0 aromatic carbocycles. The summed E-state index contributed by atoms with van der Waals surface area (Å²) in [6.07, 6.45) is -1.60. The van der Waals surface area contributed by atoms with Crippen LogP contribution in [0.1, 0.15) is 60.2 Å². The van der Waals surface area contributed by atoms with Gasteiger partial charge in [-0.2, -0.15) is 0 Å². The summed E-state index contributed by atoms with van der Waals surface area (Å²) >= 11 is 3.41. The Kier molecular flexibility index (Phi) is 6.73. The molecule has 0 aliphatic heterocycles. The van der Waals surface area contributed by atoms with Crippen molar-refractivity contribution in [3.05, 3.63) is 10.2 Å². The number of hydrogen-bond acceptors (Lipinski definition) is 6. The fourth-order valence-corrected chi connectivity index (χ4v) is 3.03. The SMILES string of the molecule is COc1nn(C)c(C(C)N(C(=O)OC(C)(C)C)C(=O)OC(C)(C)C)c1Br. The smallest absolute Gasteiger partial charge is 0.420 e. The summed E-state index contributed by atoms with van der Waals surface area (Å²) in [5, 5.41) is 4.22. The van der Waals surface area contributed by atoms with Gasteiger partial charge in [0.15, 0.2) is 0 Å². The van der Waals surface area contributed by atoms with Gasteiger partial charge in [-0.3, -0.25) is 4.68 Å². The highest BCUT2D eigenvalue weighted by Gasteiger charge is 2.38. The van der Waals surface area contributed by atoms with E-state index in [0.29, 0.717) is 16.0 Å². The highest BCUT2D eigenvalue weighted by Crippen LogP contribution is 2.35. The number of aryl methyl sites for hydroxylation is 1. The van der Waals surface area contributed by atoms with E-state index in [-0.39, 0.29) is 0 Å². The van der Waals surface area contributed by atoms with Crippen molar-refractivity contribution in [1.29, 1.82) is 0 Å². The van der Waals surface area contributed by atoms with Gasteiger partial charge in [-0.15, -0.1) is 5.10 Å². The lowest BCUT2D eigenvalue weighted by molar-refractivity contribution is -0.00673. The molecule has 0 fully saturated rings. The first-order valence-corrected chi connectivity index (χ1v) is 8.98. The maximum Gasteiger partial charge on any atom is 0.420 e. The topological polar surface area (TPSA) is 82.9 Å². The zero-order chi connectivity index (χ0) is 20.4. The molecule has 1 heterocycles. The van der Waals surface area contributed by atoms with Crippen molar-refractivity contribution in [3.63, 3.8) is 0 Å². The number of imide groups is 1. The molecular formula is C17H28BrN3O5. The first kappa shape index (κ1) is 22.3. The van der Waals surface area contributed by atoms with E-state index in [0.717, 1.165) is 4.90 Å². The van der Waals surface area contributed by atoms with Crippen molar-refractivity contribution in [1.82, 2.24) is 14.7 Å². The van der Waals surface area contributed by atoms with Crippen molar-refractivity contribution in [2.75, 3.05) is 7.11 Å². The second kappa shape index (κ2) is 7.85. The lowest BCUT2D eigenvalue weighted by Gasteiger charge is -2.32. The van der Waals surface area contributed by atoms with Crippen molar-refractivity contribution < 1.29 is 23.8 Å². The lowest BCUT2D eigenvalue weighted by Crippen LogP contribution is -2.45. The molecule has 0 N–H and O–H groups in total. The molecule has 0 bridgehead atoms. The van der Waals surface area contributed by atoms with Crippen molar-refractivity contribution in [2.45, 2.75) is 65.7 Å². The number of methoxy groups -OCH3 is 1. The first-order chi connectivity index (χ1) is 11.7. The zero-order valence-electron chi connectivity index (χ0n) is 16.8. The van der Waals surface area contributed by atoms with Crippen molar-refractivity contribution in [3.8, 4) is 5.88 Å². The molecule has 0 aliphatic rings. The summed E-state index contributed by atoms with van der Waals surface area (Å²) < 4.78 is 18.1. The molecule has 1 aromatic heterocycles. The van der Waals surface area contributed by atoms with Crippen molar-refractivity contribution >= 4 is 28.1 Å². The standard InChI is InChI=1S/C17H28BrN3O5/c1-10(12-11(18)13(24-9)19-20(12)8)21(14(22)25-16(2,3)4)15(23)26-17(5,6)7/h10H,1-9H3. The second-order valence-electron chi connectivity index (χ2n) is 7.84. The Balaban J connectivity index is 3.33. The summed E-state index contributed by atoms with van der Waals surface area (Å²) in [6.45, 7) is 12.1. The Bertz CT molecular complexity index is 645. The molecule has 9 heteroatoms. The Morgan fingerprint density at radius 2 is 1.50 bits per heavy atom. The van der Waals surface area contributed by atoms with E-state index in [1.807, 2.05) is 0 Å². The number of carbonyl (C=O) groups excluding carboxylic acids is 2. The summed E-state index contributed by atoms with van der Waals surface area (Å²) in [5.41, 5.74) is -0.963. The minimum atomic E-state index is -0.800. The molecule has 8 nitrogen and oxygen atoms in total. The Labute approximate surface area is 162 Å². The number of carbonyl (C=O) groups is 2. The van der Waals surface area contributed by atoms with Gasteiger partial charge in [0.1, 0.15) is 15.7 Å². The van der Waals surface area contributed by atoms with Gasteiger partial charge >= 0.3 is 12.2 Å². The largest absolute Gasteiger partial charge is 0.479 e. The maximum atomic E-state index is 12.7. The van der Waals surface area contributed by atoms with Gasteiger partial charge in [0.2, 0.25) is 5.88 Å². The molecule has 0 radical (unpaired) electrons. The van der Waals surface area contributed by atoms with Crippen LogP contribution in [0.5, 0.6) is 5.88 Å². The highest BCUT2D eigenvalue weighted by atomic mass is 79.9. The normalized spacial score (nSPS) is 13.2. The molecule has 1 atom stereocenters. The molecule has 0 spiro atoms. The fraction of sp³-hybridized carbons (Fsp3) is 0.706. The number of nitrogens with zero attached hydrogens (tertiary/aromatic N) is 3. The first-order valence-electron chi connectivity index (χ1n) is 8.19. The van der Waals surface area contributed by atoms with E-state index in [2.05, 4.69) is 21.0 Å². The molecule has 148 valence electrons. The summed E-state index contributed by atoms with van der Waals surface area (Å²) in [5.74, 6) is 0.350. The summed E-state index contributed by atoms with van der Waals surface area (Å²) in [4.78, 5) is 26.4. The van der Waals surface area contributed by atoms with E-state index < -0.39 is 29.4 Å². The zero-order valence-corrected chi connectivity index (χ0v) is 18.4. The van der Waals surface area contributed by atoms with Gasteiger partial charge in [-0.1, -0.05) is 0 Å². The Hall–Kier alpha value is -1.77. The molecule has 0 saturated heterocycles. The second-order valence-corrected chi connectivity index (χ2v) is 8.63. The summed E-state index contributed by atoms with van der Waals surface area (Å²) in [7, 11) is 3.18. The fourth-order valence-electron chi connectivity index (χ4n) is 2.21. The molecule has 1 rings (SSSR count). The Morgan fingerprint density at radius 1 is 1.08 bits per heavy atom. The molecule has 1 unspecified atom stereocenters. The van der Waals surface area contributed by atoms with E-state index in [9.17, 15) is 9.59 Å². The number of amides is 2. The van der Waals surface area contributed by atoms with Gasteiger partial charge in [-0.25, -0.2) is 14.5 Å². The number of aromatic nitrogens is 2. The number of halogens is 1. The van der Waals surface area contributed by atoms with E-state index in [4.69, 9.17) is 14.2 Å². The number of hydrogen-bond donors (Lipinski definition) is 0. The highest BCUT2D eigenvalue weighted by molar-refractivity contribution is 9.10. The van der Waals surface area contributed by atoms with Crippen LogP contribution in [-0.2, 0) is 16.5 Å². The van der Waals surface area contributed by atoms with Crippen LogP contribution >= 0.6 is 15.9 Å². The van der Waals surface area contributed by atoms with E-state index in [1.54, 1.807) is 55.5 Å². The maximum absolute atomic E-state index is 12.7. The quantitative estimate of drug-likeness (QED) is 0.700. The van der Waals surface area contributed by atoms with Crippen LogP contribution in [0.2, 0.25) is 0 Å². The van der Waals surface area contributed by atoms with Crippen LogP contribution in [0, 0.1) is 0 Å². The minimum Gasteiger partial charge on any atom is -0.479 e.